The molecular weight excluding hydrogens is 336 g/mol. The Morgan fingerprint density at radius 1 is 1.31 bits per heavy atom. The van der Waals surface area contributed by atoms with Crippen molar-refractivity contribution >= 4 is 5.91 Å². The molecular formula is C18H22N4O4. The van der Waals surface area contributed by atoms with Crippen LogP contribution in [0.15, 0.2) is 36.5 Å². The summed E-state index contributed by atoms with van der Waals surface area (Å²) < 4.78 is 12.5. The lowest BCUT2D eigenvalue weighted by Crippen LogP contribution is -2.47. The Labute approximate surface area is 151 Å². The summed E-state index contributed by atoms with van der Waals surface area (Å²) in [7, 11) is 0. The van der Waals surface area contributed by atoms with Gasteiger partial charge in [-0.2, -0.15) is 0 Å². The van der Waals surface area contributed by atoms with Gasteiger partial charge in [0.1, 0.15) is 12.1 Å². The van der Waals surface area contributed by atoms with Gasteiger partial charge in [-0.3, -0.25) is 4.79 Å². The largest absolute Gasteiger partial charge is 0.388 e. The van der Waals surface area contributed by atoms with Gasteiger partial charge in [0.25, 0.3) is 5.91 Å². The van der Waals surface area contributed by atoms with Crippen LogP contribution in [-0.4, -0.2) is 57.5 Å². The molecule has 0 bridgehead atoms. The highest BCUT2D eigenvalue weighted by atomic mass is 16.5. The fourth-order valence-electron chi connectivity index (χ4n) is 3.19. The molecule has 1 saturated carbocycles. The Morgan fingerprint density at radius 3 is 2.85 bits per heavy atom. The van der Waals surface area contributed by atoms with Crippen molar-refractivity contribution < 1.29 is 19.4 Å². The lowest BCUT2D eigenvalue weighted by molar-refractivity contribution is -0.0251. The topological polar surface area (TPSA) is 98.5 Å². The summed E-state index contributed by atoms with van der Waals surface area (Å²) in [6, 6.07) is 9.84. The van der Waals surface area contributed by atoms with E-state index in [4.69, 9.17) is 9.47 Å². The molecule has 2 aromatic rings. The summed E-state index contributed by atoms with van der Waals surface area (Å²) in [5.74, 6) is -0.254. The third kappa shape index (κ3) is 3.77. The highest BCUT2D eigenvalue weighted by Gasteiger charge is 2.33. The van der Waals surface area contributed by atoms with Gasteiger partial charge in [-0.25, -0.2) is 4.68 Å². The molecule has 8 heteroatoms. The fraction of sp³-hybridized carbons (Fsp3) is 0.500. The van der Waals surface area contributed by atoms with E-state index in [2.05, 4.69) is 15.6 Å². The minimum Gasteiger partial charge on any atom is -0.388 e. The van der Waals surface area contributed by atoms with E-state index in [0.717, 1.165) is 18.4 Å². The van der Waals surface area contributed by atoms with E-state index >= 15 is 0 Å². The molecule has 8 nitrogen and oxygen atoms in total. The smallest absolute Gasteiger partial charge is 0.273 e. The van der Waals surface area contributed by atoms with Crippen LogP contribution in [0.1, 0.15) is 34.9 Å². The van der Waals surface area contributed by atoms with E-state index in [1.54, 1.807) is 6.20 Å². The number of nitrogens with zero attached hydrogens (tertiary/aromatic N) is 3. The number of amides is 1. The minimum absolute atomic E-state index is 0.0915. The Morgan fingerprint density at radius 2 is 2.12 bits per heavy atom. The first kappa shape index (κ1) is 17.1. The monoisotopic (exact) mass is 358 g/mol. The molecule has 0 unspecified atom stereocenters. The summed E-state index contributed by atoms with van der Waals surface area (Å²) in [5.41, 5.74) is 1.40. The number of rotatable bonds is 6. The van der Waals surface area contributed by atoms with E-state index < -0.39 is 6.10 Å². The molecule has 1 amide bonds. The maximum Gasteiger partial charge on any atom is 0.273 e. The van der Waals surface area contributed by atoms with Gasteiger partial charge in [-0.05, 0) is 18.4 Å². The average molecular weight is 358 g/mol. The van der Waals surface area contributed by atoms with Crippen molar-refractivity contribution in [1.82, 2.24) is 20.3 Å². The van der Waals surface area contributed by atoms with Crippen molar-refractivity contribution in [3.05, 3.63) is 47.8 Å². The van der Waals surface area contributed by atoms with Crippen LogP contribution in [0, 0.1) is 0 Å². The van der Waals surface area contributed by atoms with Crippen molar-refractivity contribution in [3.8, 4) is 0 Å². The maximum absolute atomic E-state index is 12.3. The first-order chi connectivity index (χ1) is 12.7. The molecule has 2 N–H and O–H groups in total. The van der Waals surface area contributed by atoms with Crippen LogP contribution in [-0.2, 0) is 16.1 Å². The van der Waals surface area contributed by atoms with Crippen molar-refractivity contribution in [2.45, 2.75) is 43.7 Å². The van der Waals surface area contributed by atoms with Crippen molar-refractivity contribution in [1.29, 1.82) is 0 Å². The molecule has 2 aliphatic rings. The Balaban J connectivity index is 1.22. The zero-order chi connectivity index (χ0) is 17.9. The second-order valence-electron chi connectivity index (χ2n) is 6.82. The van der Waals surface area contributed by atoms with Gasteiger partial charge in [-0.15, -0.1) is 5.10 Å². The molecule has 1 aromatic carbocycles. The molecule has 4 rings (SSSR count). The number of hydrogen-bond acceptors (Lipinski definition) is 6. The van der Waals surface area contributed by atoms with E-state index in [9.17, 15) is 9.90 Å². The van der Waals surface area contributed by atoms with Crippen LogP contribution >= 0.6 is 0 Å². The van der Waals surface area contributed by atoms with E-state index in [1.807, 2.05) is 30.3 Å². The van der Waals surface area contributed by atoms with Crippen LogP contribution < -0.4 is 5.32 Å². The van der Waals surface area contributed by atoms with E-state index in [1.165, 1.54) is 4.68 Å². The second kappa shape index (κ2) is 7.53. The third-order valence-electron chi connectivity index (χ3n) is 4.86. The molecule has 1 aliphatic heterocycles. The average Bonchev–Trinajstić information content (AvgIpc) is 3.26. The van der Waals surface area contributed by atoms with Gasteiger partial charge in [0.05, 0.1) is 32.1 Å². The molecule has 1 aromatic heterocycles. The zero-order valence-electron chi connectivity index (χ0n) is 14.3. The maximum atomic E-state index is 12.3. The molecule has 2 heterocycles. The van der Waals surface area contributed by atoms with Crippen molar-refractivity contribution in [3.63, 3.8) is 0 Å². The number of nitrogens with one attached hydrogen (secondary N) is 1. The van der Waals surface area contributed by atoms with Crippen LogP contribution in [0.2, 0.25) is 0 Å². The number of carbonyl (C=O) groups excluding carboxylic acids is 1. The standard InChI is InChI=1S/C18H22N4O4/c23-17-11-25-10-16(17)22-8-15(20-21-22)18(24)19-13-6-14(7-13)26-9-12-4-2-1-3-5-12/h1-5,8,13-14,16-17,23H,6-7,9-11H2,(H,19,24)/t13?,14?,16-,17-/m1/s1. The Hall–Kier alpha value is -2.29. The molecule has 1 saturated heterocycles. The number of benzene rings is 1. The van der Waals surface area contributed by atoms with Crippen molar-refractivity contribution in [2.24, 2.45) is 0 Å². The number of carbonyl (C=O) groups is 1. The molecule has 138 valence electrons. The lowest BCUT2D eigenvalue weighted by atomic mass is 9.89. The van der Waals surface area contributed by atoms with Gasteiger partial charge < -0.3 is 19.9 Å². The molecule has 2 atom stereocenters. The van der Waals surface area contributed by atoms with Gasteiger partial charge in [0, 0.05) is 6.04 Å². The van der Waals surface area contributed by atoms with Crippen LogP contribution in [0.5, 0.6) is 0 Å². The number of hydrogen-bond donors (Lipinski definition) is 2. The fourth-order valence-corrected chi connectivity index (χ4v) is 3.19. The number of aliphatic hydroxyl groups excluding tert-OH is 1. The molecule has 0 radical (unpaired) electrons. The second-order valence-corrected chi connectivity index (χ2v) is 6.82. The molecule has 26 heavy (non-hydrogen) atoms. The van der Waals surface area contributed by atoms with Crippen LogP contribution in [0.25, 0.3) is 0 Å². The highest BCUT2D eigenvalue weighted by Crippen LogP contribution is 2.25. The van der Waals surface area contributed by atoms with Gasteiger partial charge in [-0.1, -0.05) is 35.5 Å². The van der Waals surface area contributed by atoms with Gasteiger partial charge in [0.15, 0.2) is 5.69 Å². The first-order valence-corrected chi connectivity index (χ1v) is 8.83. The predicted molar refractivity (Wildman–Crippen MR) is 91.4 cm³/mol. The quantitative estimate of drug-likeness (QED) is 0.788. The van der Waals surface area contributed by atoms with Gasteiger partial charge in [0.2, 0.25) is 0 Å². The summed E-state index contributed by atoms with van der Waals surface area (Å²) in [5, 5.41) is 20.6. The Bertz CT molecular complexity index is 745. The third-order valence-corrected chi connectivity index (χ3v) is 4.86. The zero-order valence-corrected chi connectivity index (χ0v) is 14.3. The number of aromatic nitrogens is 3. The summed E-state index contributed by atoms with van der Waals surface area (Å²) in [4.78, 5) is 12.3. The van der Waals surface area contributed by atoms with E-state index in [-0.39, 0.29) is 36.4 Å². The summed E-state index contributed by atoms with van der Waals surface area (Å²) in [6.07, 6.45) is 2.69. The highest BCUT2D eigenvalue weighted by molar-refractivity contribution is 5.92. The Kier molecular flexibility index (Phi) is 4.96. The van der Waals surface area contributed by atoms with Gasteiger partial charge >= 0.3 is 0 Å². The SMILES string of the molecule is O=C(NC1CC(OCc2ccccc2)C1)c1cn([C@@H]2COC[C@H]2O)nn1. The van der Waals surface area contributed by atoms with Crippen LogP contribution in [0.4, 0.5) is 0 Å². The summed E-state index contributed by atoms with van der Waals surface area (Å²) >= 11 is 0. The van der Waals surface area contributed by atoms with E-state index in [0.29, 0.717) is 13.2 Å². The minimum atomic E-state index is -0.623. The molecule has 0 spiro atoms. The molecule has 2 fully saturated rings. The normalized spacial score (nSPS) is 27.9. The summed E-state index contributed by atoms with van der Waals surface area (Å²) in [6.45, 7) is 1.24. The van der Waals surface area contributed by atoms with Crippen molar-refractivity contribution in [2.75, 3.05) is 13.2 Å². The predicted octanol–water partition coefficient (Wildman–Crippen LogP) is 0.688. The van der Waals surface area contributed by atoms with Crippen LogP contribution in [0.3, 0.4) is 0 Å². The number of ether oxygens (including phenoxy) is 2. The lowest BCUT2D eigenvalue weighted by Gasteiger charge is -2.35. The number of aliphatic hydroxyl groups is 1. The first-order valence-electron chi connectivity index (χ1n) is 8.83. The molecule has 1 aliphatic carbocycles.